The Hall–Kier alpha value is -3.52. The molecular formula is C38H53N3O4S. The van der Waals surface area contributed by atoms with Crippen molar-refractivity contribution in [2.24, 2.45) is 0 Å². The van der Waals surface area contributed by atoms with Gasteiger partial charge in [0.05, 0.1) is 0 Å². The van der Waals surface area contributed by atoms with Gasteiger partial charge in [-0.15, -0.1) is 0 Å². The minimum Gasteiger partial charge on any atom is -0.444 e. The normalized spacial score (nSPS) is 12.7. The summed E-state index contributed by atoms with van der Waals surface area (Å²) in [7, 11) is 0. The molecule has 0 saturated heterocycles. The number of unbranched alkanes of at least 4 members (excludes halogenated alkanes) is 5. The van der Waals surface area contributed by atoms with Crippen LogP contribution < -0.4 is 10.6 Å². The van der Waals surface area contributed by atoms with Gasteiger partial charge >= 0.3 is 6.09 Å². The van der Waals surface area contributed by atoms with Gasteiger partial charge < -0.3 is 20.3 Å². The molecule has 0 fully saturated rings. The standard InChI is InChI=1S/C38H53N3O4S/c1-7-9-10-11-12-15-25-41(36(43)33(24-26-46-6)40-37(44)45-38(3,4)5)34(30-20-18-28(8-2)19-21-30)35(42)39-32-23-22-29-16-13-14-17-31(29)27-32/h13-14,16-23,27,33-34H,7-12,15,24-26H2,1-6H3,(H,39,42)(H,40,44). The van der Waals surface area contributed by atoms with Gasteiger partial charge in [-0.25, -0.2) is 4.79 Å². The Morgan fingerprint density at radius 1 is 0.870 bits per heavy atom. The van der Waals surface area contributed by atoms with Gasteiger partial charge in [0, 0.05) is 12.2 Å². The maximum Gasteiger partial charge on any atom is 0.408 e. The Kier molecular flexibility index (Phi) is 14.9. The number of carbonyl (C=O) groups excluding carboxylic acids is 3. The van der Waals surface area contributed by atoms with Crippen LogP contribution in [0.4, 0.5) is 10.5 Å². The molecule has 0 spiro atoms. The van der Waals surface area contributed by atoms with Crippen molar-refractivity contribution >= 4 is 46.1 Å². The zero-order valence-electron chi connectivity index (χ0n) is 28.6. The molecule has 46 heavy (non-hydrogen) atoms. The fourth-order valence-electron chi connectivity index (χ4n) is 5.46. The highest BCUT2D eigenvalue weighted by molar-refractivity contribution is 7.98. The summed E-state index contributed by atoms with van der Waals surface area (Å²) in [5.74, 6) is 0.0855. The Bertz CT molecular complexity index is 1400. The van der Waals surface area contributed by atoms with E-state index in [4.69, 9.17) is 4.74 Å². The van der Waals surface area contributed by atoms with Crippen LogP contribution in [0, 0.1) is 0 Å². The van der Waals surface area contributed by atoms with Crippen LogP contribution >= 0.6 is 11.8 Å². The third-order valence-electron chi connectivity index (χ3n) is 7.92. The number of aryl methyl sites for hydroxylation is 1. The summed E-state index contributed by atoms with van der Waals surface area (Å²) in [6.45, 7) is 10.1. The monoisotopic (exact) mass is 647 g/mol. The van der Waals surface area contributed by atoms with Crippen LogP contribution in [-0.2, 0) is 20.7 Å². The molecule has 7 nitrogen and oxygen atoms in total. The highest BCUT2D eigenvalue weighted by Gasteiger charge is 2.36. The molecular weight excluding hydrogens is 595 g/mol. The second-order valence-electron chi connectivity index (χ2n) is 12.8. The Balaban J connectivity index is 2.01. The van der Waals surface area contributed by atoms with Gasteiger partial charge in [-0.2, -0.15) is 11.8 Å². The largest absolute Gasteiger partial charge is 0.444 e. The van der Waals surface area contributed by atoms with Crippen molar-refractivity contribution in [2.75, 3.05) is 23.9 Å². The second-order valence-corrected chi connectivity index (χ2v) is 13.8. The summed E-state index contributed by atoms with van der Waals surface area (Å²) < 4.78 is 5.54. The van der Waals surface area contributed by atoms with Crippen molar-refractivity contribution in [3.63, 3.8) is 0 Å². The van der Waals surface area contributed by atoms with Crippen LogP contribution in [0.5, 0.6) is 0 Å². The van der Waals surface area contributed by atoms with Crippen LogP contribution in [0.1, 0.15) is 96.7 Å². The van der Waals surface area contributed by atoms with E-state index in [0.717, 1.165) is 60.4 Å². The Morgan fingerprint density at radius 2 is 1.54 bits per heavy atom. The third-order valence-corrected chi connectivity index (χ3v) is 8.56. The minimum absolute atomic E-state index is 0.285. The number of carbonyl (C=O) groups is 3. The number of benzene rings is 3. The first-order valence-corrected chi connectivity index (χ1v) is 18.1. The lowest BCUT2D eigenvalue weighted by Gasteiger charge is -2.34. The molecule has 0 radical (unpaired) electrons. The second kappa shape index (κ2) is 18.6. The average molecular weight is 648 g/mol. The van der Waals surface area contributed by atoms with Crippen molar-refractivity contribution < 1.29 is 19.1 Å². The first-order chi connectivity index (χ1) is 22.1. The van der Waals surface area contributed by atoms with E-state index in [1.165, 1.54) is 6.42 Å². The zero-order valence-corrected chi connectivity index (χ0v) is 29.4. The summed E-state index contributed by atoms with van der Waals surface area (Å²) in [5, 5.41) is 8.06. The third kappa shape index (κ3) is 11.7. The number of nitrogens with one attached hydrogen (secondary N) is 2. The summed E-state index contributed by atoms with van der Waals surface area (Å²) in [5.41, 5.74) is 1.83. The lowest BCUT2D eigenvalue weighted by molar-refractivity contribution is -0.141. The highest BCUT2D eigenvalue weighted by Crippen LogP contribution is 2.28. The van der Waals surface area contributed by atoms with Crippen molar-refractivity contribution in [3.8, 4) is 0 Å². The van der Waals surface area contributed by atoms with E-state index >= 15 is 0 Å². The van der Waals surface area contributed by atoms with Gasteiger partial charge in [-0.1, -0.05) is 101 Å². The molecule has 0 saturated carbocycles. The number of amides is 3. The smallest absolute Gasteiger partial charge is 0.408 e. The minimum atomic E-state index is -0.891. The summed E-state index contributed by atoms with van der Waals surface area (Å²) in [6, 6.07) is 20.0. The summed E-state index contributed by atoms with van der Waals surface area (Å²) in [4.78, 5) is 43.5. The molecule has 0 aliphatic carbocycles. The molecule has 2 unspecified atom stereocenters. The van der Waals surface area contributed by atoms with Gasteiger partial charge in [0.15, 0.2) is 0 Å². The van der Waals surface area contributed by atoms with E-state index in [1.807, 2.05) is 73.0 Å². The van der Waals surface area contributed by atoms with Crippen LogP contribution in [0.15, 0.2) is 66.7 Å². The van der Waals surface area contributed by atoms with Gasteiger partial charge in [0.1, 0.15) is 17.7 Å². The first kappa shape index (κ1) is 36.9. The predicted octanol–water partition coefficient (Wildman–Crippen LogP) is 8.92. The molecule has 0 heterocycles. The maximum atomic E-state index is 14.6. The van der Waals surface area contributed by atoms with Crippen molar-refractivity contribution in [1.82, 2.24) is 10.2 Å². The van der Waals surface area contributed by atoms with Crippen LogP contribution in [0.2, 0.25) is 0 Å². The molecule has 0 aliphatic heterocycles. The summed E-state index contributed by atoms with van der Waals surface area (Å²) >= 11 is 1.60. The number of hydrogen-bond donors (Lipinski definition) is 2. The van der Waals surface area contributed by atoms with Crippen molar-refractivity contribution in [3.05, 3.63) is 77.9 Å². The molecule has 3 aromatic rings. The van der Waals surface area contributed by atoms with Crippen LogP contribution in [0.25, 0.3) is 10.8 Å². The zero-order chi connectivity index (χ0) is 33.5. The number of fused-ring (bicyclic) bond motifs is 1. The Labute approximate surface area is 280 Å². The van der Waals surface area contributed by atoms with E-state index in [-0.39, 0.29) is 11.8 Å². The number of rotatable bonds is 17. The molecule has 0 bridgehead atoms. The Morgan fingerprint density at radius 3 is 2.20 bits per heavy atom. The van der Waals surface area contributed by atoms with E-state index in [1.54, 1.807) is 37.4 Å². The maximum absolute atomic E-state index is 14.6. The van der Waals surface area contributed by atoms with E-state index in [2.05, 4.69) is 24.5 Å². The summed E-state index contributed by atoms with van der Waals surface area (Å²) in [6.07, 6.45) is 8.87. The molecule has 3 amide bonds. The van der Waals surface area contributed by atoms with Gasteiger partial charge in [0.2, 0.25) is 5.91 Å². The van der Waals surface area contributed by atoms with Gasteiger partial charge in [-0.3, -0.25) is 9.59 Å². The van der Waals surface area contributed by atoms with Crippen molar-refractivity contribution in [1.29, 1.82) is 0 Å². The number of hydrogen-bond acceptors (Lipinski definition) is 5. The molecule has 3 rings (SSSR count). The number of alkyl carbamates (subject to hydrolysis) is 1. The quantitative estimate of drug-likeness (QED) is 0.143. The topological polar surface area (TPSA) is 87.7 Å². The molecule has 0 aromatic heterocycles. The SMILES string of the molecule is CCCCCCCCN(C(=O)C(CCSC)NC(=O)OC(C)(C)C)C(C(=O)Nc1ccc2ccccc2c1)c1ccc(CC)cc1. The molecule has 2 atom stereocenters. The fraction of sp³-hybridized carbons (Fsp3) is 0.500. The van der Waals surface area contributed by atoms with Gasteiger partial charge in [-0.05, 0) is 86.1 Å². The van der Waals surface area contributed by atoms with Gasteiger partial charge in [0.25, 0.3) is 5.91 Å². The number of nitrogens with zero attached hydrogens (tertiary/aromatic N) is 1. The highest BCUT2D eigenvalue weighted by atomic mass is 32.2. The molecule has 2 N–H and O–H groups in total. The fourth-order valence-corrected chi connectivity index (χ4v) is 5.93. The van der Waals surface area contributed by atoms with E-state index in [9.17, 15) is 14.4 Å². The van der Waals surface area contributed by atoms with E-state index < -0.39 is 23.8 Å². The molecule has 250 valence electrons. The van der Waals surface area contributed by atoms with E-state index in [0.29, 0.717) is 24.4 Å². The first-order valence-electron chi connectivity index (χ1n) is 16.7. The van der Waals surface area contributed by atoms with Crippen LogP contribution in [0.3, 0.4) is 0 Å². The molecule has 8 heteroatoms. The average Bonchev–Trinajstić information content (AvgIpc) is 3.03. The predicted molar refractivity (Wildman–Crippen MR) is 192 cm³/mol. The molecule has 3 aromatic carbocycles. The van der Waals surface area contributed by atoms with Crippen molar-refractivity contribution in [2.45, 2.75) is 104 Å². The lowest BCUT2D eigenvalue weighted by Crippen LogP contribution is -2.52. The van der Waals surface area contributed by atoms with Crippen LogP contribution in [-0.4, -0.2) is 53.0 Å². The lowest BCUT2D eigenvalue weighted by atomic mass is 9.99. The molecule has 0 aliphatic rings. The number of thioether (sulfide) groups is 1. The number of ether oxygens (including phenoxy) is 1. The number of anilines is 1.